The molecule has 7 nitrogen and oxygen atoms in total. The molecule has 1 fully saturated rings. The third kappa shape index (κ3) is 4.19. The highest BCUT2D eigenvalue weighted by atomic mass is 19.3. The van der Waals surface area contributed by atoms with Gasteiger partial charge in [-0.25, -0.2) is 18.7 Å². The highest BCUT2D eigenvalue weighted by molar-refractivity contribution is 6.05. The predicted molar refractivity (Wildman–Crippen MR) is 105 cm³/mol. The summed E-state index contributed by atoms with van der Waals surface area (Å²) in [5, 5.41) is 2.77. The molecule has 0 saturated carbocycles. The maximum Gasteiger partial charge on any atom is 0.295 e. The predicted octanol–water partition coefficient (Wildman–Crippen LogP) is 3.76. The van der Waals surface area contributed by atoms with Crippen LogP contribution in [-0.4, -0.2) is 46.2 Å². The molecule has 1 amide bonds. The van der Waals surface area contributed by atoms with Crippen LogP contribution in [0.5, 0.6) is 0 Å². The molecule has 1 aliphatic heterocycles. The van der Waals surface area contributed by atoms with Crippen molar-refractivity contribution in [2.75, 3.05) is 23.3 Å². The molecule has 1 aromatic carbocycles. The number of carbonyl (C=O) groups excluding carboxylic acids is 1. The van der Waals surface area contributed by atoms with E-state index in [0.717, 1.165) is 18.9 Å². The van der Waals surface area contributed by atoms with Crippen LogP contribution >= 0.6 is 0 Å². The highest BCUT2D eigenvalue weighted by Gasteiger charge is 2.23. The molecule has 1 saturated heterocycles. The van der Waals surface area contributed by atoms with Gasteiger partial charge in [-0.2, -0.15) is 0 Å². The van der Waals surface area contributed by atoms with Crippen molar-refractivity contribution in [1.82, 2.24) is 15.0 Å². The number of pyridine rings is 1. The molecule has 152 valence electrons. The van der Waals surface area contributed by atoms with Gasteiger partial charge in [0, 0.05) is 18.7 Å². The second-order valence-electron chi connectivity index (χ2n) is 7.18. The van der Waals surface area contributed by atoms with Crippen molar-refractivity contribution in [3.63, 3.8) is 0 Å². The van der Waals surface area contributed by atoms with Crippen LogP contribution in [0.1, 0.15) is 36.5 Å². The molecule has 3 aromatic rings. The van der Waals surface area contributed by atoms with Gasteiger partial charge in [0.2, 0.25) is 0 Å². The lowest BCUT2D eigenvalue weighted by Crippen LogP contribution is -2.45. The zero-order chi connectivity index (χ0) is 20.5. The number of hydrogen-bond donors (Lipinski definition) is 2. The van der Waals surface area contributed by atoms with Crippen molar-refractivity contribution >= 4 is 28.4 Å². The minimum Gasteiger partial charge on any atom is -0.372 e. The van der Waals surface area contributed by atoms with E-state index in [1.54, 1.807) is 18.3 Å². The monoisotopic (exact) mass is 401 g/mol. The number of aromatic nitrogens is 3. The van der Waals surface area contributed by atoms with Gasteiger partial charge in [0.05, 0.1) is 35.1 Å². The average molecular weight is 401 g/mol. The van der Waals surface area contributed by atoms with Gasteiger partial charge in [-0.3, -0.25) is 4.79 Å². The molecule has 2 N–H and O–H groups in total. The number of ether oxygens (including phenoxy) is 1. The van der Waals surface area contributed by atoms with E-state index < -0.39 is 12.2 Å². The Bertz CT molecular complexity index is 1010. The van der Waals surface area contributed by atoms with Crippen molar-refractivity contribution in [1.29, 1.82) is 0 Å². The van der Waals surface area contributed by atoms with E-state index in [4.69, 9.17) is 4.74 Å². The van der Waals surface area contributed by atoms with E-state index in [0.29, 0.717) is 22.3 Å². The Morgan fingerprint density at radius 1 is 1.24 bits per heavy atom. The molecule has 0 aliphatic carbocycles. The maximum absolute atomic E-state index is 12.8. The van der Waals surface area contributed by atoms with Gasteiger partial charge in [0.15, 0.2) is 5.82 Å². The summed E-state index contributed by atoms with van der Waals surface area (Å²) in [4.78, 5) is 25.5. The molecular formula is C20H21F2N5O2. The number of rotatable bonds is 4. The van der Waals surface area contributed by atoms with Crippen molar-refractivity contribution < 1.29 is 18.3 Å². The summed E-state index contributed by atoms with van der Waals surface area (Å²) in [6, 6.07) is 8.23. The number of imidazole rings is 1. The normalized spacial score (nSPS) is 19.7. The number of anilines is 2. The summed E-state index contributed by atoms with van der Waals surface area (Å²) in [6.45, 7) is 5.57. The van der Waals surface area contributed by atoms with E-state index in [1.165, 1.54) is 12.1 Å². The van der Waals surface area contributed by atoms with E-state index in [9.17, 15) is 13.6 Å². The largest absolute Gasteiger partial charge is 0.372 e. The van der Waals surface area contributed by atoms with Crippen molar-refractivity contribution in [2.45, 2.75) is 32.5 Å². The minimum atomic E-state index is -2.69. The van der Waals surface area contributed by atoms with Gasteiger partial charge >= 0.3 is 0 Å². The van der Waals surface area contributed by atoms with E-state index in [-0.39, 0.29) is 18.1 Å². The van der Waals surface area contributed by atoms with Gasteiger partial charge in [-0.15, -0.1) is 0 Å². The minimum absolute atomic E-state index is 0.128. The number of aromatic amines is 1. The van der Waals surface area contributed by atoms with Crippen molar-refractivity contribution in [2.24, 2.45) is 0 Å². The lowest BCUT2D eigenvalue weighted by Gasteiger charge is -2.36. The molecule has 0 radical (unpaired) electrons. The van der Waals surface area contributed by atoms with Crippen LogP contribution in [-0.2, 0) is 4.74 Å². The van der Waals surface area contributed by atoms with Gasteiger partial charge < -0.3 is 19.9 Å². The smallest absolute Gasteiger partial charge is 0.295 e. The zero-order valence-electron chi connectivity index (χ0n) is 16.0. The van der Waals surface area contributed by atoms with Gasteiger partial charge in [0.1, 0.15) is 5.82 Å². The number of morpholine rings is 1. The number of nitrogens with zero attached hydrogens (tertiary/aromatic N) is 3. The first-order valence-corrected chi connectivity index (χ1v) is 9.34. The Morgan fingerprint density at radius 2 is 2.00 bits per heavy atom. The molecule has 3 heterocycles. The molecule has 2 unspecified atom stereocenters. The van der Waals surface area contributed by atoms with Crippen LogP contribution < -0.4 is 10.2 Å². The second kappa shape index (κ2) is 7.75. The van der Waals surface area contributed by atoms with Crippen molar-refractivity contribution in [3.05, 3.63) is 47.9 Å². The standard InChI is InChI=1S/C20H21F2N5O2/c1-11-9-27(10-12(2)29-11)17-6-4-14(8-23-17)24-20(28)13-3-5-15-16(7-13)26-19(25-15)18(21)22/h3-8,11-12,18H,9-10H2,1-2H3,(H,24,28)(H,25,26). The Balaban J connectivity index is 1.46. The Morgan fingerprint density at radius 3 is 2.66 bits per heavy atom. The lowest BCUT2D eigenvalue weighted by molar-refractivity contribution is -0.00545. The molecular weight excluding hydrogens is 380 g/mol. The number of amides is 1. The fourth-order valence-corrected chi connectivity index (χ4v) is 3.49. The van der Waals surface area contributed by atoms with Gasteiger partial charge in [-0.05, 0) is 44.2 Å². The zero-order valence-corrected chi connectivity index (χ0v) is 16.0. The number of fused-ring (bicyclic) bond motifs is 1. The molecule has 4 rings (SSSR count). The fraction of sp³-hybridized carbons (Fsp3) is 0.350. The SMILES string of the molecule is CC1CN(c2ccc(NC(=O)c3ccc4nc(C(F)F)[nH]c4c3)cn2)CC(C)O1. The maximum atomic E-state index is 12.8. The third-order valence-corrected chi connectivity index (χ3v) is 4.72. The summed E-state index contributed by atoms with van der Waals surface area (Å²) in [6.07, 6.45) is -0.839. The Kier molecular flexibility index (Phi) is 5.14. The highest BCUT2D eigenvalue weighted by Crippen LogP contribution is 2.22. The molecule has 29 heavy (non-hydrogen) atoms. The summed E-state index contributed by atoms with van der Waals surface area (Å²) >= 11 is 0. The van der Waals surface area contributed by atoms with Gasteiger partial charge in [-0.1, -0.05) is 0 Å². The second-order valence-corrected chi connectivity index (χ2v) is 7.18. The number of carbonyl (C=O) groups is 1. The number of benzene rings is 1. The quantitative estimate of drug-likeness (QED) is 0.696. The summed E-state index contributed by atoms with van der Waals surface area (Å²) in [5.74, 6) is 0.0516. The van der Waals surface area contributed by atoms with Crippen LogP contribution in [0.4, 0.5) is 20.3 Å². The third-order valence-electron chi connectivity index (χ3n) is 4.72. The summed E-state index contributed by atoms with van der Waals surface area (Å²) in [7, 11) is 0. The first-order chi connectivity index (χ1) is 13.9. The van der Waals surface area contributed by atoms with Crippen LogP contribution in [0.2, 0.25) is 0 Å². The topological polar surface area (TPSA) is 83.1 Å². The van der Waals surface area contributed by atoms with Crippen LogP contribution in [0.25, 0.3) is 11.0 Å². The van der Waals surface area contributed by atoms with Crippen molar-refractivity contribution in [3.8, 4) is 0 Å². The lowest BCUT2D eigenvalue weighted by atomic mass is 10.2. The summed E-state index contributed by atoms with van der Waals surface area (Å²) < 4.78 is 31.3. The molecule has 9 heteroatoms. The van der Waals surface area contributed by atoms with E-state index in [2.05, 4.69) is 25.2 Å². The average Bonchev–Trinajstić information content (AvgIpc) is 3.11. The summed E-state index contributed by atoms with van der Waals surface area (Å²) in [5.41, 5.74) is 1.65. The molecule has 2 aromatic heterocycles. The number of H-pyrrole nitrogens is 1. The molecule has 0 bridgehead atoms. The Labute approximate surface area is 166 Å². The molecule has 0 spiro atoms. The first kappa shape index (κ1) is 19.3. The van der Waals surface area contributed by atoms with E-state index in [1.807, 2.05) is 19.9 Å². The number of hydrogen-bond acceptors (Lipinski definition) is 5. The number of nitrogens with one attached hydrogen (secondary N) is 2. The Hall–Kier alpha value is -3.07. The fourth-order valence-electron chi connectivity index (χ4n) is 3.49. The van der Waals surface area contributed by atoms with Crippen LogP contribution in [0.3, 0.4) is 0 Å². The van der Waals surface area contributed by atoms with Crippen LogP contribution in [0.15, 0.2) is 36.5 Å². The molecule has 1 aliphatic rings. The van der Waals surface area contributed by atoms with E-state index >= 15 is 0 Å². The molecule has 2 atom stereocenters. The number of alkyl halides is 2. The van der Waals surface area contributed by atoms with Crippen LogP contribution in [0, 0.1) is 0 Å². The first-order valence-electron chi connectivity index (χ1n) is 9.34. The number of halogens is 2. The van der Waals surface area contributed by atoms with Gasteiger partial charge in [0.25, 0.3) is 12.3 Å².